The lowest BCUT2D eigenvalue weighted by atomic mass is 10.1. The summed E-state index contributed by atoms with van der Waals surface area (Å²) in [5, 5.41) is 2.89. The number of rotatable bonds is 12. The number of unbranched alkanes of at least 4 members (excludes halogenated alkanes) is 3. The highest BCUT2D eigenvalue weighted by molar-refractivity contribution is 7.92. The van der Waals surface area contributed by atoms with Crippen molar-refractivity contribution in [2.45, 2.75) is 37.0 Å². The first-order chi connectivity index (χ1) is 16.0. The van der Waals surface area contributed by atoms with Gasteiger partial charge in [0, 0.05) is 30.7 Å². The Morgan fingerprint density at radius 3 is 2.36 bits per heavy atom. The predicted octanol–water partition coefficient (Wildman–Crippen LogP) is 4.81. The Morgan fingerprint density at radius 1 is 0.879 bits per heavy atom. The van der Waals surface area contributed by atoms with Crippen LogP contribution in [0.25, 0.3) is 6.08 Å². The highest BCUT2D eigenvalue weighted by Crippen LogP contribution is 2.17. The molecule has 0 bridgehead atoms. The van der Waals surface area contributed by atoms with Gasteiger partial charge in [-0.25, -0.2) is 8.42 Å². The van der Waals surface area contributed by atoms with Gasteiger partial charge in [0.05, 0.1) is 4.90 Å². The first-order valence-corrected chi connectivity index (χ1v) is 12.5. The normalized spacial score (nSPS) is 11.4. The Hall–Kier alpha value is -3.45. The van der Waals surface area contributed by atoms with Gasteiger partial charge in [-0.1, -0.05) is 49.2 Å². The third-order valence-electron chi connectivity index (χ3n) is 5.06. The van der Waals surface area contributed by atoms with Gasteiger partial charge in [-0.05, 0) is 66.8 Å². The van der Waals surface area contributed by atoms with E-state index in [1.807, 2.05) is 30.3 Å². The molecule has 0 aliphatic heterocycles. The molecule has 0 saturated heterocycles. The van der Waals surface area contributed by atoms with E-state index in [9.17, 15) is 13.2 Å². The molecule has 0 atom stereocenters. The van der Waals surface area contributed by atoms with Gasteiger partial charge in [0.25, 0.3) is 10.0 Å². The van der Waals surface area contributed by atoms with E-state index in [0.717, 1.165) is 43.2 Å². The van der Waals surface area contributed by atoms with Gasteiger partial charge in [-0.15, -0.1) is 0 Å². The minimum atomic E-state index is -3.59. The Bertz CT molecular complexity index is 1130. The van der Waals surface area contributed by atoms with Crippen molar-refractivity contribution >= 4 is 27.7 Å². The van der Waals surface area contributed by atoms with Crippen molar-refractivity contribution < 1.29 is 13.2 Å². The van der Waals surface area contributed by atoms with Crippen LogP contribution in [0.4, 0.5) is 5.69 Å². The zero-order valence-corrected chi connectivity index (χ0v) is 19.3. The van der Waals surface area contributed by atoms with Gasteiger partial charge in [0.1, 0.15) is 0 Å². The lowest BCUT2D eigenvalue weighted by molar-refractivity contribution is -0.116. The lowest BCUT2D eigenvalue weighted by Gasteiger charge is -2.09. The molecule has 2 N–H and O–H groups in total. The number of aromatic nitrogens is 1. The second-order valence-electron chi connectivity index (χ2n) is 7.69. The van der Waals surface area contributed by atoms with E-state index in [0.29, 0.717) is 12.2 Å². The molecule has 1 aromatic heterocycles. The van der Waals surface area contributed by atoms with Crippen LogP contribution >= 0.6 is 0 Å². The summed E-state index contributed by atoms with van der Waals surface area (Å²) in [5.41, 5.74) is 2.55. The molecule has 1 heterocycles. The molecule has 0 saturated carbocycles. The summed E-state index contributed by atoms with van der Waals surface area (Å²) in [6, 6.07) is 19.6. The fourth-order valence-electron chi connectivity index (χ4n) is 3.28. The molecule has 0 radical (unpaired) electrons. The summed E-state index contributed by atoms with van der Waals surface area (Å²) >= 11 is 0. The third-order valence-corrected chi connectivity index (χ3v) is 6.46. The maximum absolute atomic E-state index is 12.5. The third kappa shape index (κ3) is 8.54. The molecule has 1 amide bonds. The van der Waals surface area contributed by atoms with Crippen LogP contribution in [0.15, 0.2) is 90.1 Å². The number of para-hydroxylation sites is 1. The highest BCUT2D eigenvalue weighted by Gasteiger charge is 2.13. The standard InChI is InChI=1S/C26H29N3O3S/c30-26(18-15-23-10-8-19-27-21-23)28-20-7-2-1-4-9-22-13-16-25(17-14-22)33(31,32)29-24-11-5-3-6-12-24/h3,5-6,8,10-19,21,29H,1-2,4,7,9,20H2,(H,28,30)/b18-15+. The molecule has 0 spiro atoms. The largest absolute Gasteiger partial charge is 0.353 e. The summed E-state index contributed by atoms with van der Waals surface area (Å²) in [6.45, 7) is 0.650. The Kier molecular flexibility index (Phi) is 9.20. The van der Waals surface area contributed by atoms with Gasteiger partial charge in [0.2, 0.25) is 5.91 Å². The summed E-state index contributed by atoms with van der Waals surface area (Å²) in [4.78, 5) is 16.1. The second kappa shape index (κ2) is 12.6. The maximum atomic E-state index is 12.5. The van der Waals surface area contributed by atoms with Crippen LogP contribution in [-0.4, -0.2) is 25.9 Å². The molecule has 0 aliphatic carbocycles. The number of hydrogen-bond donors (Lipinski definition) is 2. The molecule has 33 heavy (non-hydrogen) atoms. The van der Waals surface area contributed by atoms with Crippen LogP contribution in [0.5, 0.6) is 0 Å². The molecular formula is C26H29N3O3S. The van der Waals surface area contributed by atoms with Crippen LogP contribution in [0.1, 0.15) is 36.8 Å². The van der Waals surface area contributed by atoms with Crippen molar-refractivity contribution in [2.24, 2.45) is 0 Å². The Labute approximate surface area is 195 Å². The summed E-state index contributed by atoms with van der Waals surface area (Å²) in [5.74, 6) is -0.101. The summed E-state index contributed by atoms with van der Waals surface area (Å²) in [6.07, 6.45) is 11.6. The van der Waals surface area contributed by atoms with Crippen LogP contribution in [0.2, 0.25) is 0 Å². The minimum absolute atomic E-state index is 0.101. The van der Waals surface area contributed by atoms with Crippen molar-refractivity contribution in [3.63, 3.8) is 0 Å². The maximum Gasteiger partial charge on any atom is 0.261 e. The van der Waals surface area contributed by atoms with Crippen LogP contribution in [0, 0.1) is 0 Å². The monoisotopic (exact) mass is 463 g/mol. The van der Waals surface area contributed by atoms with Crippen molar-refractivity contribution in [1.82, 2.24) is 10.3 Å². The first kappa shape index (κ1) is 24.2. The molecule has 0 fully saturated rings. The fourth-order valence-corrected chi connectivity index (χ4v) is 4.34. The number of sulfonamides is 1. The number of nitrogens with zero attached hydrogens (tertiary/aromatic N) is 1. The number of aryl methyl sites for hydroxylation is 1. The van der Waals surface area contributed by atoms with Gasteiger partial charge in [0.15, 0.2) is 0 Å². The summed E-state index contributed by atoms with van der Waals surface area (Å²) in [7, 11) is -3.59. The number of carbonyl (C=O) groups is 1. The molecule has 6 nitrogen and oxygen atoms in total. The van der Waals surface area contributed by atoms with E-state index < -0.39 is 10.0 Å². The number of amides is 1. The van der Waals surface area contributed by atoms with Crippen molar-refractivity contribution in [3.8, 4) is 0 Å². The molecule has 7 heteroatoms. The zero-order valence-electron chi connectivity index (χ0n) is 18.5. The number of anilines is 1. The lowest BCUT2D eigenvalue weighted by Crippen LogP contribution is -2.21. The predicted molar refractivity (Wildman–Crippen MR) is 132 cm³/mol. The van der Waals surface area contributed by atoms with Gasteiger partial charge >= 0.3 is 0 Å². The molecule has 172 valence electrons. The molecule has 3 aromatic rings. The van der Waals surface area contributed by atoms with Gasteiger partial charge in [-0.2, -0.15) is 0 Å². The SMILES string of the molecule is O=C(/C=C/c1cccnc1)NCCCCCCc1ccc(S(=O)(=O)Nc2ccccc2)cc1. The molecule has 0 aliphatic rings. The Morgan fingerprint density at radius 2 is 1.64 bits per heavy atom. The van der Waals surface area contributed by atoms with Crippen LogP contribution < -0.4 is 10.0 Å². The van der Waals surface area contributed by atoms with E-state index in [2.05, 4.69) is 15.0 Å². The van der Waals surface area contributed by atoms with Gasteiger partial charge in [-0.3, -0.25) is 14.5 Å². The average Bonchev–Trinajstić information content (AvgIpc) is 2.83. The first-order valence-electron chi connectivity index (χ1n) is 11.1. The van der Waals surface area contributed by atoms with Crippen LogP contribution in [-0.2, 0) is 21.2 Å². The molecular weight excluding hydrogens is 434 g/mol. The van der Waals surface area contributed by atoms with Gasteiger partial charge < -0.3 is 5.32 Å². The number of pyridine rings is 1. The van der Waals surface area contributed by atoms with E-state index in [-0.39, 0.29) is 10.8 Å². The number of carbonyl (C=O) groups excluding carboxylic acids is 1. The smallest absolute Gasteiger partial charge is 0.261 e. The molecule has 0 unspecified atom stereocenters. The molecule has 2 aromatic carbocycles. The quantitative estimate of drug-likeness (QED) is 0.298. The number of benzene rings is 2. The zero-order chi connectivity index (χ0) is 23.4. The average molecular weight is 464 g/mol. The van der Waals surface area contributed by atoms with Crippen molar-refractivity contribution in [3.05, 3.63) is 96.3 Å². The fraction of sp³-hybridized carbons (Fsp3) is 0.231. The van der Waals surface area contributed by atoms with Crippen molar-refractivity contribution in [2.75, 3.05) is 11.3 Å². The highest BCUT2D eigenvalue weighted by atomic mass is 32.2. The molecule has 3 rings (SSSR count). The van der Waals surface area contributed by atoms with E-state index in [4.69, 9.17) is 0 Å². The number of hydrogen-bond acceptors (Lipinski definition) is 4. The minimum Gasteiger partial charge on any atom is -0.353 e. The second-order valence-corrected chi connectivity index (χ2v) is 9.37. The van der Waals surface area contributed by atoms with Crippen molar-refractivity contribution in [1.29, 1.82) is 0 Å². The van der Waals surface area contributed by atoms with E-state index in [1.54, 1.807) is 54.9 Å². The van der Waals surface area contributed by atoms with E-state index in [1.165, 1.54) is 6.08 Å². The number of nitrogens with one attached hydrogen (secondary N) is 2. The topological polar surface area (TPSA) is 88.2 Å². The van der Waals surface area contributed by atoms with E-state index >= 15 is 0 Å². The van der Waals surface area contributed by atoms with Crippen LogP contribution in [0.3, 0.4) is 0 Å². The Balaban J connectivity index is 1.31. The summed E-state index contributed by atoms with van der Waals surface area (Å²) < 4.78 is 27.6.